The van der Waals surface area contributed by atoms with Crippen molar-refractivity contribution in [3.63, 3.8) is 0 Å². The van der Waals surface area contributed by atoms with Gasteiger partial charge in [0.15, 0.2) is 0 Å². The van der Waals surface area contributed by atoms with Crippen molar-refractivity contribution in [3.8, 4) is 0 Å². The van der Waals surface area contributed by atoms with Gasteiger partial charge < -0.3 is 10.6 Å². The molecule has 0 aliphatic heterocycles. The molecule has 1 aromatic rings. The van der Waals surface area contributed by atoms with Gasteiger partial charge in [-0.15, -0.1) is 0 Å². The Morgan fingerprint density at radius 1 is 1.35 bits per heavy atom. The van der Waals surface area contributed by atoms with Crippen molar-refractivity contribution >= 4 is 11.5 Å². The number of benzene rings is 1. The Kier molecular flexibility index (Phi) is 3.00. The minimum absolute atomic E-state index is 0.0281. The predicted octanol–water partition coefficient (Wildman–Crippen LogP) is 2.24. The van der Waals surface area contributed by atoms with Gasteiger partial charge in [-0.05, 0) is 31.4 Å². The molecule has 3 N–H and O–H groups in total. The molecule has 17 heavy (non-hydrogen) atoms. The lowest BCUT2D eigenvalue weighted by molar-refractivity contribution is 0.393. The van der Waals surface area contributed by atoms with E-state index in [2.05, 4.69) is 0 Å². The van der Waals surface area contributed by atoms with Gasteiger partial charge in [-0.1, -0.05) is 0 Å². The van der Waals surface area contributed by atoms with Crippen molar-refractivity contribution in [1.29, 1.82) is 5.41 Å². The molecule has 0 radical (unpaired) electrons. The SMILES string of the molecule is CN(c1c(F)cc(C(=N)N)cc1F)C1CCC1. The zero-order valence-electron chi connectivity index (χ0n) is 9.63. The van der Waals surface area contributed by atoms with E-state index in [1.807, 2.05) is 0 Å². The number of amidine groups is 1. The third-order valence-electron chi connectivity index (χ3n) is 3.30. The van der Waals surface area contributed by atoms with E-state index in [-0.39, 0.29) is 23.1 Å². The molecule has 0 heterocycles. The molecule has 0 aromatic heterocycles. The zero-order valence-corrected chi connectivity index (χ0v) is 9.63. The van der Waals surface area contributed by atoms with Gasteiger partial charge in [0.05, 0.1) is 0 Å². The molecule has 1 saturated carbocycles. The Labute approximate surface area is 98.7 Å². The van der Waals surface area contributed by atoms with Crippen LogP contribution in [-0.4, -0.2) is 18.9 Å². The summed E-state index contributed by atoms with van der Waals surface area (Å²) in [5, 5.41) is 7.17. The van der Waals surface area contributed by atoms with Crippen LogP contribution in [0.15, 0.2) is 12.1 Å². The zero-order chi connectivity index (χ0) is 12.6. The molecule has 1 fully saturated rings. The lowest BCUT2D eigenvalue weighted by Gasteiger charge is -2.36. The second kappa shape index (κ2) is 4.31. The molecule has 1 aromatic carbocycles. The normalized spacial score (nSPS) is 15.5. The van der Waals surface area contributed by atoms with E-state index in [4.69, 9.17) is 11.1 Å². The van der Waals surface area contributed by atoms with Crippen LogP contribution in [0.4, 0.5) is 14.5 Å². The minimum atomic E-state index is -0.662. The molecule has 0 amide bonds. The summed E-state index contributed by atoms with van der Waals surface area (Å²) in [6, 6.07) is 2.42. The number of nitrogens with two attached hydrogens (primary N) is 1. The fourth-order valence-electron chi connectivity index (χ4n) is 2.01. The average Bonchev–Trinajstić information content (AvgIpc) is 2.13. The van der Waals surface area contributed by atoms with Gasteiger partial charge in [0, 0.05) is 18.7 Å². The number of nitrogens with zero attached hydrogens (tertiary/aromatic N) is 1. The molecule has 3 nitrogen and oxygen atoms in total. The molecule has 0 saturated heterocycles. The maximum absolute atomic E-state index is 13.8. The largest absolute Gasteiger partial charge is 0.384 e. The van der Waals surface area contributed by atoms with Crippen LogP contribution in [-0.2, 0) is 0 Å². The van der Waals surface area contributed by atoms with Crippen LogP contribution in [0.2, 0.25) is 0 Å². The van der Waals surface area contributed by atoms with Gasteiger partial charge in [0.25, 0.3) is 0 Å². The van der Waals surface area contributed by atoms with Crippen LogP contribution >= 0.6 is 0 Å². The van der Waals surface area contributed by atoms with Gasteiger partial charge >= 0.3 is 0 Å². The Hall–Kier alpha value is -1.65. The van der Waals surface area contributed by atoms with Crippen LogP contribution in [0.1, 0.15) is 24.8 Å². The van der Waals surface area contributed by atoms with Gasteiger partial charge in [-0.25, -0.2) is 8.78 Å². The van der Waals surface area contributed by atoms with Crippen LogP contribution in [0.25, 0.3) is 0 Å². The number of nitrogen functional groups attached to an aromatic ring is 1. The highest BCUT2D eigenvalue weighted by Crippen LogP contribution is 2.32. The van der Waals surface area contributed by atoms with E-state index in [0.29, 0.717) is 0 Å². The van der Waals surface area contributed by atoms with E-state index in [1.165, 1.54) is 0 Å². The van der Waals surface area contributed by atoms with Crippen molar-refractivity contribution in [2.45, 2.75) is 25.3 Å². The summed E-state index contributed by atoms with van der Waals surface area (Å²) < 4.78 is 27.6. The summed E-state index contributed by atoms with van der Waals surface area (Å²) in [7, 11) is 1.69. The van der Waals surface area contributed by atoms with E-state index in [0.717, 1.165) is 31.4 Å². The second-order valence-corrected chi connectivity index (χ2v) is 4.40. The Bertz CT molecular complexity index is 432. The lowest BCUT2D eigenvalue weighted by Crippen LogP contribution is -2.38. The van der Waals surface area contributed by atoms with Gasteiger partial charge in [-0.3, -0.25) is 5.41 Å². The molecule has 0 spiro atoms. The lowest BCUT2D eigenvalue weighted by atomic mass is 9.91. The fourth-order valence-corrected chi connectivity index (χ4v) is 2.01. The summed E-state index contributed by atoms with van der Waals surface area (Å²) in [6.45, 7) is 0. The van der Waals surface area contributed by atoms with Crippen LogP contribution in [0, 0.1) is 17.0 Å². The monoisotopic (exact) mass is 239 g/mol. The molecule has 1 aliphatic carbocycles. The summed E-state index contributed by atoms with van der Waals surface area (Å²) in [6.07, 6.45) is 3.03. The van der Waals surface area contributed by atoms with Crippen LogP contribution in [0.3, 0.4) is 0 Å². The molecule has 5 heteroatoms. The fraction of sp³-hybridized carbons (Fsp3) is 0.417. The first-order valence-corrected chi connectivity index (χ1v) is 5.57. The molecular weight excluding hydrogens is 224 g/mol. The first-order chi connectivity index (χ1) is 8.00. The second-order valence-electron chi connectivity index (χ2n) is 4.40. The first kappa shape index (κ1) is 11.8. The smallest absolute Gasteiger partial charge is 0.150 e. The molecule has 2 rings (SSSR count). The molecule has 0 unspecified atom stereocenters. The van der Waals surface area contributed by atoms with Gasteiger partial charge in [-0.2, -0.15) is 0 Å². The van der Waals surface area contributed by atoms with E-state index >= 15 is 0 Å². The van der Waals surface area contributed by atoms with E-state index in [9.17, 15) is 8.78 Å². The predicted molar refractivity (Wildman–Crippen MR) is 63.4 cm³/mol. The number of halogens is 2. The summed E-state index contributed by atoms with van der Waals surface area (Å²) in [5.41, 5.74) is 5.26. The number of rotatable bonds is 3. The minimum Gasteiger partial charge on any atom is -0.384 e. The summed E-state index contributed by atoms with van der Waals surface area (Å²) in [4.78, 5) is 1.64. The maximum Gasteiger partial charge on any atom is 0.150 e. The molecular formula is C12H15F2N3. The van der Waals surface area contributed by atoms with Gasteiger partial charge in [0.1, 0.15) is 23.2 Å². The topological polar surface area (TPSA) is 53.1 Å². The first-order valence-electron chi connectivity index (χ1n) is 5.57. The average molecular weight is 239 g/mol. The van der Waals surface area contributed by atoms with Crippen LogP contribution < -0.4 is 10.6 Å². The standard InChI is InChI=1S/C12H15F2N3/c1-17(8-3-2-4-8)11-9(13)5-7(12(15)16)6-10(11)14/h5-6,8H,2-4H2,1H3,(H3,15,16). The van der Waals surface area contributed by atoms with Crippen molar-refractivity contribution in [2.24, 2.45) is 5.73 Å². The van der Waals surface area contributed by atoms with Crippen LogP contribution in [0.5, 0.6) is 0 Å². The van der Waals surface area contributed by atoms with Gasteiger partial charge in [0.2, 0.25) is 0 Å². The highest BCUT2D eigenvalue weighted by Gasteiger charge is 2.26. The number of nitrogens with one attached hydrogen (secondary N) is 1. The third kappa shape index (κ3) is 2.09. The molecule has 0 bridgehead atoms. The van der Waals surface area contributed by atoms with Crippen molar-refractivity contribution < 1.29 is 8.78 Å². The summed E-state index contributed by atoms with van der Waals surface area (Å²) >= 11 is 0. The van der Waals surface area contributed by atoms with Crippen molar-refractivity contribution in [3.05, 3.63) is 29.3 Å². The molecule has 92 valence electrons. The number of anilines is 1. The third-order valence-corrected chi connectivity index (χ3v) is 3.30. The highest BCUT2D eigenvalue weighted by atomic mass is 19.1. The Morgan fingerprint density at radius 2 is 1.88 bits per heavy atom. The Morgan fingerprint density at radius 3 is 2.24 bits per heavy atom. The summed E-state index contributed by atoms with van der Waals surface area (Å²) in [5.74, 6) is -1.66. The molecule has 1 aliphatic rings. The number of hydrogen-bond acceptors (Lipinski definition) is 2. The van der Waals surface area contributed by atoms with Crippen molar-refractivity contribution in [2.75, 3.05) is 11.9 Å². The van der Waals surface area contributed by atoms with Crippen molar-refractivity contribution in [1.82, 2.24) is 0 Å². The Balaban J connectivity index is 2.37. The number of hydrogen-bond donors (Lipinski definition) is 2. The highest BCUT2D eigenvalue weighted by molar-refractivity contribution is 5.95. The van der Waals surface area contributed by atoms with E-state index < -0.39 is 11.6 Å². The van der Waals surface area contributed by atoms with E-state index in [1.54, 1.807) is 11.9 Å². The molecule has 0 atom stereocenters. The maximum atomic E-state index is 13.8. The quantitative estimate of drug-likeness (QED) is 0.627.